The molecule has 3 aliphatic rings. The number of hydrogen-bond acceptors (Lipinski definition) is 8. The molecule has 47 heavy (non-hydrogen) atoms. The van der Waals surface area contributed by atoms with Crippen molar-refractivity contribution < 1.29 is 24.2 Å². The maximum atomic E-state index is 14.3. The molecule has 1 aromatic carbocycles. The van der Waals surface area contributed by atoms with Gasteiger partial charge >= 0.3 is 6.09 Å². The molecule has 0 atom stereocenters. The molecule has 11 nitrogen and oxygen atoms in total. The van der Waals surface area contributed by atoms with Gasteiger partial charge in [-0.3, -0.25) is 9.48 Å². The lowest BCUT2D eigenvalue weighted by Gasteiger charge is -2.36. The fraction of sp³-hybridized carbons (Fsp3) is 0.528. The number of nitrogens with one attached hydrogen (secondary N) is 1. The average Bonchev–Trinajstić information content (AvgIpc) is 3.85. The first-order valence-electron chi connectivity index (χ1n) is 16.9. The number of aromatic nitrogens is 3. The van der Waals surface area contributed by atoms with E-state index in [2.05, 4.69) is 39.8 Å². The molecule has 0 aliphatic heterocycles. The largest absolute Gasteiger partial charge is 0.494 e. The molecule has 2 heterocycles. The number of ether oxygens (including phenoxy) is 2. The van der Waals surface area contributed by atoms with Crippen molar-refractivity contribution in [2.24, 2.45) is 11.8 Å². The molecule has 3 saturated carbocycles. The summed E-state index contributed by atoms with van der Waals surface area (Å²) < 4.78 is 12.9. The quantitative estimate of drug-likeness (QED) is 0.270. The minimum absolute atomic E-state index is 0.122. The van der Waals surface area contributed by atoms with Gasteiger partial charge in [-0.2, -0.15) is 10.4 Å². The number of pyridine rings is 1. The molecule has 0 radical (unpaired) electrons. The molecule has 0 unspecified atom stereocenters. The lowest BCUT2D eigenvalue weighted by Crippen LogP contribution is -2.42. The van der Waals surface area contributed by atoms with Gasteiger partial charge < -0.3 is 24.8 Å². The molecule has 3 aromatic rings. The number of amides is 2. The van der Waals surface area contributed by atoms with Crippen LogP contribution in [0.2, 0.25) is 0 Å². The summed E-state index contributed by atoms with van der Waals surface area (Å²) in [4.78, 5) is 32.9. The van der Waals surface area contributed by atoms with Crippen LogP contribution in [0.15, 0.2) is 48.8 Å². The van der Waals surface area contributed by atoms with Crippen LogP contribution >= 0.6 is 0 Å². The highest BCUT2D eigenvalue weighted by Crippen LogP contribution is 2.39. The van der Waals surface area contributed by atoms with Crippen LogP contribution in [-0.2, 0) is 9.53 Å². The smallest absolute Gasteiger partial charge is 0.407 e. The van der Waals surface area contributed by atoms with E-state index in [4.69, 9.17) is 14.6 Å². The van der Waals surface area contributed by atoms with E-state index in [0.29, 0.717) is 55.6 Å². The zero-order chi connectivity index (χ0) is 32.8. The predicted molar refractivity (Wildman–Crippen MR) is 176 cm³/mol. The van der Waals surface area contributed by atoms with Gasteiger partial charge in [-0.25, -0.2) is 9.78 Å². The molecular weight excluding hydrogens is 596 g/mol. The Morgan fingerprint density at radius 2 is 1.83 bits per heavy atom. The zero-order valence-electron chi connectivity index (χ0n) is 27.0. The second-order valence-electron chi connectivity index (χ2n) is 13.1. The predicted octanol–water partition coefficient (Wildman–Crippen LogP) is 5.74. The number of carbonyl (C=O) groups excluding carboxylic acids is 2. The molecule has 0 bridgehead atoms. The van der Waals surface area contributed by atoms with Crippen molar-refractivity contribution in [3.8, 4) is 22.9 Å². The van der Waals surface area contributed by atoms with E-state index in [9.17, 15) is 14.9 Å². The van der Waals surface area contributed by atoms with Crippen LogP contribution in [0.3, 0.4) is 0 Å². The Morgan fingerprint density at radius 1 is 1.04 bits per heavy atom. The fourth-order valence-electron chi connectivity index (χ4n) is 7.03. The van der Waals surface area contributed by atoms with E-state index in [1.54, 1.807) is 7.11 Å². The Bertz CT molecular complexity index is 1580. The summed E-state index contributed by atoms with van der Waals surface area (Å²) in [5, 5.41) is 25.6. The van der Waals surface area contributed by atoms with Crippen LogP contribution in [0.25, 0.3) is 11.1 Å². The van der Waals surface area contributed by atoms with Crippen molar-refractivity contribution in [1.82, 2.24) is 20.1 Å². The van der Waals surface area contributed by atoms with E-state index < -0.39 is 6.09 Å². The summed E-state index contributed by atoms with van der Waals surface area (Å²) in [7, 11) is 1.55. The highest BCUT2D eigenvalue weighted by Gasteiger charge is 2.34. The molecule has 3 aliphatic carbocycles. The molecular formula is C36H44N6O5. The van der Waals surface area contributed by atoms with Crippen LogP contribution in [0.4, 0.5) is 10.5 Å². The maximum Gasteiger partial charge on any atom is 0.407 e. The van der Waals surface area contributed by atoms with Crippen LogP contribution in [-0.4, -0.2) is 64.8 Å². The first kappa shape index (κ1) is 32.5. The fourth-order valence-corrected chi connectivity index (χ4v) is 7.03. The van der Waals surface area contributed by atoms with E-state index in [-0.39, 0.29) is 37.0 Å². The monoisotopic (exact) mass is 640 g/mol. The molecule has 2 aromatic heterocycles. The SMILES string of the molecule is COc1ccc([C@H]2CC[C@H](CN(c3cccc(-c4cnn(C5CC5)c4)c3)C(=O)[C@H]3CC[C@H](OC(=O)NCCO)CC3)CC2)nc1C#N. The Hall–Kier alpha value is -4.43. The van der Waals surface area contributed by atoms with Crippen LogP contribution in [0, 0.1) is 23.2 Å². The van der Waals surface area contributed by atoms with E-state index in [0.717, 1.165) is 48.2 Å². The van der Waals surface area contributed by atoms with Gasteiger partial charge in [0.1, 0.15) is 12.2 Å². The van der Waals surface area contributed by atoms with E-state index >= 15 is 0 Å². The van der Waals surface area contributed by atoms with Gasteiger partial charge in [0, 0.05) is 48.1 Å². The number of nitrogens with zero attached hydrogens (tertiary/aromatic N) is 5. The first-order chi connectivity index (χ1) is 22.9. The molecule has 0 saturated heterocycles. The third-order valence-corrected chi connectivity index (χ3v) is 9.87. The minimum Gasteiger partial charge on any atom is -0.494 e. The van der Waals surface area contributed by atoms with E-state index in [1.165, 1.54) is 12.8 Å². The van der Waals surface area contributed by atoms with Crippen molar-refractivity contribution in [2.45, 2.75) is 82.3 Å². The minimum atomic E-state index is -0.526. The number of aliphatic hydroxyl groups is 1. The molecule has 0 spiro atoms. The lowest BCUT2D eigenvalue weighted by atomic mass is 9.79. The number of alkyl carbamates (subject to hydrolysis) is 1. The third kappa shape index (κ3) is 7.93. The number of hydrogen-bond donors (Lipinski definition) is 2. The van der Waals surface area contributed by atoms with Crippen molar-refractivity contribution in [1.29, 1.82) is 5.26 Å². The second kappa shape index (κ2) is 15.0. The summed E-state index contributed by atoms with van der Waals surface area (Å²) in [6, 6.07) is 14.7. The van der Waals surface area contributed by atoms with Crippen molar-refractivity contribution in [3.05, 3.63) is 60.2 Å². The number of anilines is 1. The normalized spacial score (nSPS) is 22.6. The van der Waals surface area contributed by atoms with Crippen molar-refractivity contribution >= 4 is 17.7 Å². The Labute approximate surface area is 275 Å². The average molecular weight is 641 g/mol. The van der Waals surface area contributed by atoms with Gasteiger partial charge in [0.2, 0.25) is 5.91 Å². The Balaban J connectivity index is 1.16. The highest BCUT2D eigenvalue weighted by molar-refractivity contribution is 5.95. The van der Waals surface area contributed by atoms with Gasteiger partial charge in [-0.05, 0) is 100.0 Å². The van der Waals surface area contributed by atoms with E-state index in [1.807, 2.05) is 40.0 Å². The Kier molecular flexibility index (Phi) is 10.4. The third-order valence-electron chi connectivity index (χ3n) is 9.87. The van der Waals surface area contributed by atoms with Gasteiger partial charge in [-0.15, -0.1) is 0 Å². The molecule has 11 heteroatoms. The number of carbonyl (C=O) groups is 2. The summed E-state index contributed by atoms with van der Waals surface area (Å²) in [5.74, 6) is 1.06. The number of rotatable bonds is 11. The summed E-state index contributed by atoms with van der Waals surface area (Å²) in [6.07, 6.45) is 11.9. The number of nitriles is 1. The summed E-state index contributed by atoms with van der Waals surface area (Å²) >= 11 is 0. The maximum absolute atomic E-state index is 14.3. The summed E-state index contributed by atoms with van der Waals surface area (Å²) in [6.45, 7) is 0.649. The van der Waals surface area contributed by atoms with Gasteiger partial charge in [0.15, 0.2) is 11.4 Å². The Morgan fingerprint density at radius 3 is 2.53 bits per heavy atom. The zero-order valence-corrected chi connectivity index (χ0v) is 27.0. The first-order valence-corrected chi connectivity index (χ1v) is 16.9. The number of aliphatic hydroxyl groups excluding tert-OH is 1. The number of methoxy groups -OCH3 is 1. The molecule has 2 amide bonds. The van der Waals surface area contributed by atoms with Crippen LogP contribution in [0.5, 0.6) is 5.75 Å². The second-order valence-corrected chi connectivity index (χ2v) is 13.1. The molecule has 2 N–H and O–H groups in total. The lowest BCUT2D eigenvalue weighted by molar-refractivity contribution is -0.124. The molecule has 6 rings (SSSR count). The van der Waals surface area contributed by atoms with Crippen molar-refractivity contribution in [2.75, 3.05) is 31.7 Å². The van der Waals surface area contributed by atoms with Gasteiger partial charge in [-0.1, -0.05) is 12.1 Å². The van der Waals surface area contributed by atoms with Gasteiger partial charge in [0.25, 0.3) is 0 Å². The standard InChI is InChI=1S/C36H44N6O5/c1-46-34-16-15-32(40-33(34)20-37)25-7-5-24(6-8-25)22-41(35(44)26-9-13-31(14-10-26)47-36(45)38-17-18-43)30-4-2-3-27(19-30)28-21-39-42(23-28)29-11-12-29/h2-4,15-16,19,21,23-26,29,31,43H,5-14,17-18,22H2,1H3,(H,38,45)/t24-,25-,26-,31-. The summed E-state index contributed by atoms with van der Waals surface area (Å²) in [5.41, 5.74) is 4.23. The van der Waals surface area contributed by atoms with Crippen LogP contribution < -0.4 is 15.0 Å². The highest BCUT2D eigenvalue weighted by atomic mass is 16.6. The molecule has 3 fully saturated rings. The topological polar surface area (TPSA) is 143 Å². The molecule has 248 valence electrons. The number of benzene rings is 1. The van der Waals surface area contributed by atoms with Gasteiger partial charge in [0.05, 0.1) is 26.0 Å². The van der Waals surface area contributed by atoms with Crippen LogP contribution in [0.1, 0.15) is 87.6 Å². The van der Waals surface area contributed by atoms with Crippen molar-refractivity contribution in [3.63, 3.8) is 0 Å².